The number of nitrogens with zero attached hydrogens (tertiary/aromatic N) is 4. The lowest BCUT2D eigenvalue weighted by Gasteiger charge is -2.41. The number of anilines is 2. The monoisotopic (exact) mass is 537 g/mol. The van der Waals surface area contributed by atoms with Crippen molar-refractivity contribution in [2.45, 2.75) is 62.1 Å². The lowest BCUT2D eigenvalue weighted by Crippen LogP contribution is -2.56. The maximum atomic E-state index is 14.5. The molecule has 2 aromatic rings. The fourth-order valence-electron chi connectivity index (χ4n) is 4.58. The highest BCUT2D eigenvalue weighted by Crippen LogP contribution is 2.29. The topological polar surface area (TPSA) is 133 Å². The number of nitrogens with one attached hydrogen (secondary N) is 1. The molecule has 2 unspecified atom stereocenters. The second-order valence-corrected chi connectivity index (χ2v) is 11.9. The van der Waals surface area contributed by atoms with Crippen LogP contribution in [0.4, 0.5) is 20.4 Å². The van der Waals surface area contributed by atoms with Gasteiger partial charge in [-0.25, -0.2) is 27.2 Å². The number of rotatable bonds is 6. The Bertz CT molecular complexity index is 1310. The van der Waals surface area contributed by atoms with Crippen molar-refractivity contribution in [2.75, 3.05) is 29.6 Å². The molecule has 37 heavy (non-hydrogen) atoms. The van der Waals surface area contributed by atoms with Crippen molar-refractivity contribution in [3.8, 4) is 0 Å². The minimum Gasteiger partial charge on any atom is -0.386 e. The van der Waals surface area contributed by atoms with Crippen LogP contribution in [0, 0.1) is 11.6 Å². The lowest BCUT2D eigenvalue weighted by molar-refractivity contribution is -0.138. The van der Waals surface area contributed by atoms with Crippen molar-refractivity contribution < 1.29 is 31.9 Å². The molecule has 0 spiro atoms. The van der Waals surface area contributed by atoms with E-state index in [-0.39, 0.29) is 35.9 Å². The predicted molar refractivity (Wildman–Crippen MR) is 130 cm³/mol. The van der Waals surface area contributed by atoms with Crippen LogP contribution in [0.25, 0.3) is 0 Å². The average Bonchev–Trinajstić information content (AvgIpc) is 2.81. The average molecular weight is 538 g/mol. The molecular formula is C24H29F2N5O5S. The first-order valence-corrected chi connectivity index (χ1v) is 13.8. The second kappa shape index (κ2) is 9.93. The molecule has 0 aliphatic carbocycles. The van der Waals surface area contributed by atoms with Crippen molar-refractivity contribution in [1.29, 1.82) is 0 Å². The third-order valence-electron chi connectivity index (χ3n) is 6.65. The van der Waals surface area contributed by atoms with Crippen LogP contribution >= 0.6 is 0 Å². The molecule has 3 heterocycles. The van der Waals surface area contributed by atoms with Crippen LogP contribution in [0.15, 0.2) is 29.4 Å². The molecule has 0 saturated carbocycles. The van der Waals surface area contributed by atoms with Gasteiger partial charge in [-0.2, -0.15) is 0 Å². The largest absolute Gasteiger partial charge is 0.386 e. The fourth-order valence-corrected chi connectivity index (χ4v) is 5.31. The van der Waals surface area contributed by atoms with E-state index in [2.05, 4.69) is 15.3 Å². The van der Waals surface area contributed by atoms with Gasteiger partial charge in [-0.1, -0.05) is 0 Å². The van der Waals surface area contributed by atoms with Gasteiger partial charge in [-0.3, -0.25) is 14.5 Å². The van der Waals surface area contributed by atoms with Gasteiger partial charge in [0.1, 0.15) is 22.6 Å². The number of hydrogen-bond acceptors (Lipinski definition) is 8. The van der Waals surface area contributed by atoms with Gasteiger partial charge < -0.3 is 15.3 Å². The first-order valence-electron chi connectivity index (χ1n) is 11.9. The zero-order valence-electron chi connectivity index (χ0n) is 20.7. The standard InChI is InChI=1S/C24H29F2N5O5S/c1-24(2,34)14-12-27-23(28-13-14)31-8-6-15(9-21(31)32)30-7-4-5-18(22(30)33)29-19-10-17(26)20(11-16(19)25)37(3,35)36/h10-13,15,18,29,34H,4-9H2,1-3H3. The number of halogens is 2. The molecular weight excluding hydrogens is 508 g/mol. The Hall–Kier alpha value is -3.19. The van der Waals surface area contributed by atoms with E-state index in [4.69, 9.17) is 0 Å². The summed E-state index contributed by atoms with van der Waals surface area (Å²) in [6, 6.07) is 0.120. The van der Waals surface area contributed by atoms with Crippen LogP contribution < -0.4 is 10.2 Å². The molecule has 0 radical (unpaired) electrons. The molecule has 2 aliphatic rings. The summed E-state index contributed by atoms with van der Waals surface area (Å²) in [6.07, 6.45) is 5.22. The van der Waals surface area contributed by atoms with Crippen LogP contribution in [0.5, 0.6) is 0 Å². The number of hydrogen-bond donors (Lipinski definition) is 2. The Morgan fingerprint density at radius 2 is 1.76 bits per heavy atom. The van der Waals surface area contributed by atoms with Gasteiger partial charge in [0.05, 0.1) is 11.3 Å². The summed E-state index contributed by atoms with van der Waals surface area (Å²) in [4.78, 5) is 36.8. The quantitative estimate of drug-likeness (QED) is 0.572. The van der Waals surface area contributed by atoms with Gasteiger partial charge in [0, 0.05) is 55.8 Å². The van der Waals surface area contributed by atoms with Crippen LogP contribution in [0.1, 0.15) is 45.1 Å². The summed E-state index contributed by atoms with van der Waals surface area (Å²) < 4.78 is 52.1. The molecule has 2 aliphatic heterocycles. The summed E-state index contributed by atoms with van der Waals surface area (Å²) in [5, 5.41) is 12.8. The number of aromatic nitrogens is 2. The van der Waals surface area contributed by atoms with Gasteiger partial charge in [-0.05, 0) is 39.2 Å². The van der Waals surface area contributed by atoms with Crippen LogP contribution in [0.2, 0.25) is 0 Å². The summed E-state index contributed by atoms with van der Waals surface area (Å²) >= 11 is 0. The van der Waals surface area contributed by atoms with Crippen molar-refractivity contribution in [3.05, 3.63) is 41.7 Å². The van der Waals surface area contributed by atoms with E-state index in [1.54, 1.807) is 18.7 Å². The van der Waals surface area contributed by atoms with E-state index in [0.29, 0.717) is 44.0 Å². The van der Waals surface area contributed by atoms with Gasteiger partial charge in [0.2, 0.25) is 17.8 Å². The fraction of sp³-hybridized carbons (Fsp3) is 0.500. The normalized spacial score (nSPS) is 21.4. The molecule has 1 aromatic heterocycles. The highest BCUT2D eigenvalue weighted by Gasteiger charge is 2.38. The third kappa shape index (κ3) is 5.72. The number of benzene rings is 1. The zero-order valence-corrected chi connectivity index (χ0v) is 21.6. The predicted octanol–water partition coefficient (Wildman–Crippen LogP) is 1.98. The highest BCUT2D eigenvalue weighted by molar-refractivity contribution is 7.90. The zero-order chi connectivity index (χ0) is 27.1. The number of aliphatic hydroxyl groups is 1. The van der Waals surface area contributed by atoms with Crippen molar-refractivity contribution in [2.24, 2.45) is 0 Å². The van der Waals surface area contributed by atoms with E-state index in [1.165, 1.54) is 17.3 Å². The van der Waals surface area contributed by atoms with Gasteiger partial charge in [0.25, 0.3) is 0 Å². The van der Waals surface area contributed by atoms with Crippen LogP contribution in [-0.2, 0) is 25.0 Å². The Morgan fingerprint density at radius 3 is 2.35 bits per heavy atom. The van der Waals surface area contributed by atoms with E-state index in [0.717, 1.165) is 12.3 Å². The molecule has 1 aromatic carbocycles. The number of sulfone groups is 1. The maximum Gasteiger partial charge on any atom is 0.245 e. The first kappa shape index (κ1) is 26.9. The van der Waals surface area contributed by atoms with Crippen molar-refractivity contribution >= 4 is 33.3 Å². The van der Waals surface area contributed by atoms with Gasteiger partial charge in [-0.15, -0.1) is 0 Å². The summed E-state index contributed by atoms with van der Waals surface area (Å²) in [7, 11) is -3.95. The highest BCUT2D eigenvalue weighted by atomic mass is 32.2. The van der Waals surface area contributed by atoms with Crippen LogP contribution in [-0.4, -0.2) is 71.6 Å². The smallest absolute Gasteiger partial charge is 0.245 e. The second-order valence-electron chi connectivity index (χ2n) is 9.93. The Morgan fingerprint density at radius 1 is 1.08 bits per heavy atom. The molecule has 2 amide bonds. The Labute approximate surface area is 213 Å². The lowest BCUT2D eigenvalue weighted by atomic mass is 9.96. The first-order chi connectivity index (χ1) is 17.3. The number of piperidine rings is 2. The molecule has 2 N–H and O–H groups in total. The number of carbonyl (C=O) groups excluding carboxylic acids is 2. The van der Waals surface area contributed by atoms with E-state index < -0.39 is 38.0 Å². The molecule has 10 nitrogen and oxygen atoms in total. The molecule has 4 rings (SSSR count). The van der Waals surface area contributed by atoms with E-state index >= 15 is 0 Å². The molecule has 0 bridgehead atoms. The summed E-state index contributed by atoms with van der Waals surface area (Å²) in [5.41, 5.74) is -0.903. The van der Waals surface area contributed by atoms with Crippen molar-refractivity contribution in [3.63, 3.8) is 0 Å². The summed E-state index contributed by atoms with van der Waals surface area (Å²) in [5.74, 6) is -2.46. The Balaban J connectivity index is 1.43. The van der Waals surface area contributed by atoms with E-state index in [9.17, 15) is 31.9 Å². The number of carbonyl (C=O) groups is 2. The van der Waals surface area contributed by atoms with E-state index in [1.807, 2.05) is 0 Å². The van der Waals surface area contributed by atoms with Crippen molar-refractivity contribution in [1.82, 2.24) is 14.9 Å². The third-order valence-corrected chi connectivity index (χ3v) is 7.76. The Kier molecular flexibility index (Phi) is 7.21. The molecule has 13 heteroatoms. The minimum absolute atomic E-state index is 0.0567. The number of likely N-dealkylation sites (tertiary alicyclic amines) is 1. The molecule has 2 fully saturated rings. The van der Waals surface area contributed by atoms with Gasteiger partial charge in [0.15, 0.2) is 9.84 Å². The molecule has 200 valence electrons. The SMILES string of the molecule is CC(C)(O)c1cnc(N2CCC(N3CCCC(Nc4cc(F)c(S(C)(=O)=O)cc4F)C3=O)CC2=O)nc1. The molecule has 2 atom stereocenters. The maximum absolute atomic E-state index is 14.5. The summed E-state index contributed by atoms with van der Waals surface area (Å²) in [6.45, 7) is 3.93. The molecule has 2 saturated heterocycles. The van der Waals surface area contributed by atoms with Crippen LogP contribution in [0.3, 0.4) is 0 Å². The minimum atomic E-state index is -3.95. The van der Waals surface area contributed by atoms with Gasteiger partial charge >= 0.3 is 0 Å². The number of amides is 2.